The Morgan fingerprint density at radius 1 is 1.56 bits per heavy atom. The van der Waals surface area contributed by atoms with Crippen LogP contribution in [0.3, 0.4) is 0 Å². The Bertz CT molecular complexity index is 520. The predicted octanol–water partition coefficient (Wildman–Crippen LogP) is 0.0131. The second kappa shape index (κ2) is 5.68. The fourth-order valence-corrected chi connectivity index (χ4v) is 1.45. The molecule has 0 aromatic carbocycles. The summed E-state index contributed by atoms with van der Waals surface area (Å²) in [5.41, 5.74) is 6.02. The molecule has 0 spiro atoms. The number of terminal acetylenes is 1. The molecule has 0 unspecified atom stereocenters. The molecule has 0 fully saturated rings. The van der Waals surface area contributed by atoms with Gasteiger partial charge in [-0.2, -0.15) is 0 Å². The number of nitrogens with zero attached hydrogens (tertiary/aromatic N) is 2. The van der Waals surface area contributed by atoms with Crippen molar-refractivity contribution in [1.82, 2.24) is 4.98 Å². The molecule has 18 heavy (non-hydrogen) atoms. The van der Waals surface area contributed by atoms with E-state index in [0.29, 0.717) is 11.5 Å². The van der Waals surface area contributed by atoms with Crippen LogP contribution in [0, 0.1) is 19.3 Å². The van der Waals surface area contributed by atoms with Crippen LogP contribution >= 0.6 is 0 Å². The van der Waals surface area contributed by atoms with Crippen molar-refractivity contribution in [2.45, 2.75) is 6.92 Å². The maximum atomic E-state index is 11.1. The number of carbonyl (C=O) groups is 2. The first-order valence-corrected chi connectivity index (χ1v) is 5.12. The largest absolute Gasteiger partial charge is 0.480 e. The lowest BCUT2D eigenvalue weighted by Crippen LogP contribution is -2.31. The zero-order chi connectivity index (χ0) is 13.7. The van der Waals surface area contributed by atoms with Crippen LogP contribution in [-0.2, 0) is 4.79 Å². The molecule has 1 aromatic heterocycles. The predicted molar refractivity (Wildman–Crippen MR) is 66.2 cm³/mol. The molecule has 0 aliphatic heterocycles. The average molecular weight is 247 g/mol. The second-order valence-corrected chi connectivity index (χ2v) is 3.67. The van der Waals surface area contributed by atoms with Gasteiger partial charge in [-0.25, -0.2) is 4.98 Å². The number of pyridine rings is 1. The highest BCUT2D eigenvalue weighted by Crippen LogP contribution is 2.14. The number of carbonyl (C=O) groups excluding carboxylic acids is 1. The van der Waals surface area contributed by atoms with Crippen LogP contribution in [0.1, 0.15) is 16.1 Å². The third kappa shape index (κ3) is 3.49. The fraction of sp³-hybridized carbons (Fsp3) is 0.250. The number of nitrogens with two attached hydrogens (primary N) is 1. The third-order valence-corrected chi connectivity index (χ3v) is 2.16. The Labute approximate surface area is 104 Å². The molecule has 0 atom stereocenters. The van der Waals surface area contributed by atoms with Crippen molar-refractivity contribution in [2.75, 3.05) is 18.0 Å². The third-order valence-electron chi connectivity index (χ3n) is 2.16. The number of rotatable bonds is 5. The van der Waals surface area contributed by atoms with Crippen LogP contribution in [-0.4, -0.2) is 35.1 Å². The minimum atomic E-state index is -1.03. The van der Waals surface area contributed by atoms with E-state index in [-0.39, 0.29) is 18.7 Å². The van der Waals surface area contributed by atoms with Crippen LogP contribution in [0.4, 0.5) is 5.82 Å². The molecule has 0 bridgehead atoms. The highest BCUT2D eigenvalue weighted by molar-refractivity contribution is 5.93. The van der Waals surface area contributed by atoms with Gasteiger partial charge in [0.1, 0.15) is 12.4 Å². The van der Waals surface area contributed by atoms with Gasteiger partial charge in [0.15, 0.2) is 0 Å². The zero-order valence-electron chi connectivity index (χ0n) is 9.88. The molecule has 1 rings (SSSR count). The van der Waals surface area contributed by atoms with Crippen molar-refractivity contribution in [3.63, 3.8) is 0 Å². The summed E-state index contributed by atoms with van der Waals surface area (Å²) in [5.74, 6) is 1.04. The van der Waals surface area contributed by atoms with Gasteiger partial charge in [-0.15, -0.1) is 6.42 Å². The fourth-order valence-electron chi connectivity index (χ4n) is 1.45. The van der Waals surface area contributed by atoms with E-state index in [4.69, 9.17) is 17.3 Å². The number of primary amides is 1. The Morgan fingerprint density at radius 2 is 2.22 bits per heavy atom. The van der Waals surface area contributed by atoms with Crippen LogP contribution < -0.4 is 10.6 Å². The number of amides is 1. The molecule has 0 aliphatic rings. The van der Waals surface area contributed by atoms with Crippen molar-refractivity contribution < 1.29 is 14.7 Å². The summed E-state index contributed by atoms with van der Waals surface area (Å²) < 4.78 is 0. The molecule has 0 radical (unpaired) electrons. The van der Waals surface area contributed by atoms with Crippen molar-refractivity contribution >= 4 is 17.7 Å². The number of aromatic nitrogens is 1. The van der Waals surface area contributed by atoms with E-state index in [1.807, 2.05) is 0 Å². The highest BCUT2D eigenvalue weighted by atomic mass is 16.4. The number of hydrogen-bond acceptors (Lipinski definition) is 4. The maximum absolute atomic E-state index is 11.1. The van der Waals surface area contributed by atoms with E-state index < -0.39 is 11.9 Å². The van der Waals surface area contributed by atoms with Gasteiger partial charge >= 0.3 is 5.97 Å². The van der Waals surface area contributed by atoms with E-state index in [2.05, 4.69) is 10.9 Å². The first kappa shape index (κ1) is 13.5. The number of carboxylic acids is 1. The van der Waals surface area contributed by atoms with Gasteiger partial charge in [-0.1, -0.05) is 5.92 Å². The van der Waals surface area contributed by atoms with Gasteiger partial charge in [-0.3, -0.25) is 9.59 Å². The second-order valence-electron chi connectivity index (χ2n) is 3.67. The molecule has 3 N–H and O–H groups in total. The lowest BCUT2D eigenvalue weighted by molar-refractivity contribution is -0.135. The molecule has 6 nitrogen and oxygen atoms in total. The zero-order valence-corrected chi connectivity index (χ0v) is 9.88. The molecule has 0 saturated heterocycles. The van der Waals surface area contributed by atoms with E-state index in [9.17, 15) is 9.59 Å². The summed E-state index contributed by atoms with van der Waals surface area (Å²) in [6.45, 7) is 1.48. The van der Waals surface area contributed by atoms with Crippen LogP contribution in [0.15, 0.2) is 12.1 Å². The standard InChI is InChI=1S/C12H13N3O3/c1-3-4-15(7-11(16)17)10-6-9(12(13)18)5-8(2)14-10/h1,5-6H,4,7H2,2H3,(H2,13,18)(H,16,17). The number of hydrogen-bond donors (Lipinski definition) is 2. The summed E-state index contributed by atoms with van der Waals surface area (Å²) >= 11 is 0. The molecular weight excluding hydrogens is 234 g/mol. The molecule has 0 saturated carbocycles. The smallest absolute Gasteiger partial charge is 0.323 e. The summed E-state index contributed by atoms with van der Waals surface area (Å²) in [5, 5.41) is 8.79. The Kier molecular flexibility index (Phi) is 4.27. The monoisotopic (exact) mass is 247 g/mol. The van der Waals surface area contributed by atoms with Crippen molar-refractivity contribution in [3.05, 3.63) is 23.4 Å². The molecular formula is C12H13N3O3. The van der Waals surface area contributed by atoms with Gasteiger partial charge in [0.05, 0.1) is 6.54 Å². The minimum Gasteiger partial charge on any atom is -0.480 e. The topological polar surface area (TPSA) is 96.5 Å². The highest BCUT2D eigenvalue weighted by Gasteiger charge is 2.13. The van der Waals surface area contributed by atoms with Gasteiger partial charge in [0.2, 0.25) is 5.91 Å². The van der Waals surface area contributed by atoms with E-state index >= 15 is 0 Å². The average Bonchev–Trinajstić information content (AvgIpc) is 2.27. The molecule has 6 heteroatoms. The lowest BCUT2D eigenvalue weighted by atomic mass is 10.2. The first-order valence-electron chi connectivity index (χ1n) is 5.12. The number of carboxylic acid groups (broad SMARTS) is 1. The normalized spacial score (nSPS) is 9.56. The summed E-state index contributed by atoms with van der Waals surface area (Å²) in [4.78, 5) is 27.4. The Hall–Kier alpha value is -2.55. The maximum Gasteiger partial charge on any atom is 0.323 e. The lowest BCUT2D eigenvalue weighted by Gasteiger charge is -2.19. The molecule has 1 aromatic rings. The Morgan fingerprint density at radius 3 is 2.72 bits per heavy atom. The summed E-state index contributed by atoms with van der Waals surface area (Å²) in [7, 11) is 0. The van der Waals surface area contributed by atoms with Gasteiger partial charge in [-0.05, 0) is 19.1 Å². The van der Waals surface area contributed by atoms with Gasteiger partial charge in [0, 0.05) is 11.3 Å². The molecule has 1 amide bonds. The first-order chi connectivity index (χ1) is 8.43. The number of anilines is 1. The molecule has 0 aliphatic carbocycles. The SMILES string of the molecule is C#CCN(CC(=O)O)c1cc(C(N)=O)cc(C)n1. The van der Waals surface area contributed by atoms with Crippen LogP contribution in [0.2, 0.25) is 0 Å². The molecule has 94 valence electrons. The van der Waals surface area contributed by atoms with Gasteiger partial charge in [0.25, 0.3) is 0 Å². The Balaban J connectivity index is 3.15. The van der Waals surface area contributed by atoms with Crippen molar-refractivity contribution in [3.8, 4) is 12.3 Å². The van der Waals surface area contributed by atoms with E-state index in [0.717, 1.165) is 0 Å². The summed E-state index contributed by atoms with van der Waals surface area (Å²) in [6.07, 6.45) is 5.17. The van der Waals surface area contributed by atoms with Gasteiger partial charge < -0.3 is 15.7 Å². The minimum absolute atomic E-state index is 0.0843. The summed E-state index contributed by atoms with van der Waals surface area (Å²) in [6, 6.07) is 2.95. The van der Waals surface area contributed by atoms with E-state index in [1.54, 1.807) is 6.92 Å². The van der Waals surface area contributed by atoms with E-state index in [1.165, 1.54) is 17.0 Å². The number of aliphatic carboxylic acids is 1. The van der Waals surface area contributed by atoms with Crippen molar-refractivity contribution in [1.29, 1.82) is 0 Å². The number of aryl methyl sites for hydroxylation is 1. The van der Waals surface area contributed by atoms with Crippen molar-refractivity contribution in [2.24, 2.45) is 5.73 Å². The quantitative estimate of drug-likeness (QED) is 0.714. The van der Waals surface area contributed by atoms with Crippen LogP contribution in [0.25, 0.3) is 0 Å². The van der Waals surface area contributed by atoms with Crippen LogP contribution in [0.5, 0.6) is 0 Å². The molecule has 1 heterocycles.